The Morgan fingerprint density at radius 3 is 2.83 bits per heavy atom. The molecule has 0 heterocycles. The van der Waals surface area contributed by atoms with Crippen molar-refractivity contribution < 1.29 is 4.39 Å². The van der Waals surface area contributed by atoms with Gasteiger partial charge in [-0.2, -0.15) is 0 Å². The van der Waals surface area contributed by atoms with Gasteiger partial charge in [-0.15, -0.1) is 0 Å². The van der Waals surface area contributed by atoms with Gasteiger partial charge in [0.05, 0.1) is 0 Å². The molecule has 1 atom stereocenters. The van der Waals surface area contributed by atoms with Crippen molar-refractivity contribution in [1.82, 2.24) is 5.32 Å². The zero-order chi connectivity index (χ0) is 13.2. The monoisotopic (exact) mass is 313 g/mol. The van der Waals surface area contributed by atoms with Crippen molar-refractivity contribution >= 4 is 15.9 Å². The van der Waals surface area contributed by atoms with E-state index in [-0.39, 0.29) is 5.82 Å². The molecule has 2 rings (SSSR count). The zero-order valence-electron chi connectivity index (χ0n) is 11.1. The molecule has 0 bridgehead atoms. The summed E-state index contributed by atoms with van der Waals surface area (Å²) in [4.78, 5) is 0. The Hall–Kier alpha value is -0.410. The van der Waals surface area contributed by atoms with Crippen molar-refractivity contribution in [2.75, 3.05) is 0 Å². The minimum absolute atomic E-state index is 0.134. The van der Waals surface area contributed by atoms with E-state index in [0.29, 0.717) is 18.0 Å². The van der Waals surface area contributed by atoms with Crippen molar-refractivity contribution in [1.29, 1.82) is 0 Å². The molecule has 0 spiro atoms. The molecule has 18 heavy (non-hydrogen) atoms. The van der Waals surface area contributed by atoms with Gasteiger partial charge in [0.25, 0.3) is 0 Å². The van der Waals surface area contributed by atoms with Crippen LogP contribution < -0.4 is 5.32 Å². The van der Waals surface area contributed by atoms with Gasteiger partial charge in [0.1, 0.15) is 5.82 Å². The third-order valence-corrected chi connectivity index (χ3v) is 4.55. The second kappa shape index (κ2) is 5.70. The van der Waals surface area contributed by atoms with E-state index in [0.717, 1.165) is 10.0 Å². The van der Waals surface area contributed by atoms with Crippen molar-refractivity contribution in [3.8, 4) is 0 Å². The molecule has 0 aromatic heterocycles. The predicted molar refractivity (Wildman–Crippen MR) is 77.0 cm³/mol. The van der Waals surface area contributed by atoms with E-state index in [1.807, 2.05) is 12.1 Å². The lowest BCUT2D eigenvalue weighted by Crippen LogP contribution is -2.43. The van der Waals surface area contributed by atoms with Crippen LogP contribution in [-0.2, 0) is 6.54 Å². The molecular formula is C15H21BrFN. The number of hydrogen-bond acceptors (Lipinski definition) is 1. The molecule has 1 fully saturated rings. The van der Waals surface area contributed by atoms with E-state index in [1.54, 1.807) is 0 Å². The van der Waals surface area contributed by atoms with Crippen LogP contribution in [-0.4, -0.2) is 6.04 Å². The van der Waals surface area contributed by atoms with E-state index in [1.165, 1.54) is 31.7 Å². The average molecular weight is 314 g/mol. The van der Waals surface area contributed by atoms with Crippen LogP contribution in [0.1, 0.15) is 45.1 Å². The van der Waals surface area contributed by atoms with E-state index in [2.05, 4.69) is 35.1 Å². The van der Waals surface area contributed by atoms with Crippen LogP contribution >= 0.6 is 15.9 Å². The number of halogens is 2. The molecule has 0 aliphatic heterocycles. The fourth-order valence-electron chi connectivity index (χ4n) is 2.77. The molecule has 0 radical (unpaired) electrons. The van der Waals surface area contributed by atoms with Crippen LogP contribution in [0, 0.1) is 11.2 Å². The van der Waals surface area contributed by atoms with Gasteiger partial charge in [-0.3, -0.25) is 0 Å². The molecule has 1 aromatic rings. The normalized spacial score (nSPS) is 23.0. The Kier molecular flexibility index (Phi) is 4.44. The summed E-state index contributed by atoms with van der Waals surface area (Å²) in [6.07, 6.45) is 5.06. The second-order valence-electron chi connectivity index (χ2n) is 5.90. The van der Waals surface area contributed by atoms with Crippen LogP contribution in [0.25, 0.3) is 0 Å². The third-order valence-electron chi connectivity index (χ3n) is 4.06. The van der Waals surface area contributed by atoms with Crippen molar-refractivity contribution in [2.45, 2.75) is 52.1 Å². The summed E-state index contributed by atoms with van der Waals surface area (Å²) < 4.78 is 14.5. The fraction of sp³-hybridized carbons (Fsp3) is 0.600. The highest BCUT2D eigenvalue weighted by atomic mass is 79.9. The molecule has 0 saturated heterocycles. The highest BCUT2D eigenvalue weighted by molar-refractivity contribution is 9.10. The van der Waals surface area contributed by atoms with Crippen molar-refractivity contribution in [3.63, 3.8) is 0 Å². The third kappa shape index (κ3) is 3.33. The Bertz CT molecular complexity index is 417. The van der Waals surface area contributed by atoms with Gasteiger partial charge < -0.3 is 5.32 Å². The first-order valence-corrected chi connectivity index (χ1v) is 7.46. The molecule has 1 nitrogen and oxygen atoms in total. The number of hydrogen-bond donors (Lipinski definition) is 1. The van der Waals surface area contributed by atoms with E-state index in [4.69, 9.17) is 0 Å². The summed E-state index contributed by atoms with van der Waals surface area (Å²) >= 11 is 3.28. The molecule has 1 aliphatic carbocycles. The van der Waals surface area contributed by atoms with Crippen molar-refractivity contribution in [2.24, 2.45) is 5.41 Å². The number of rotatable bonds is 3. The largest absolute Gasteiger partial charge is 0.309 e. The Morgan fingerprint density at radius 1 is 1.39 bits per heavy atom. The number of benzene rings is 1. The zero-order valence-corrected chi connectivity index (χ0v) is 12.7. The first-order valence-electron chi connectivity index (χ1n) is 6.66. The number of nitrogens with one attached hydrogen (secondary N) is 1. The van der Waals surface area contributed by atoms with Crippen LogP contribution in [0.2, 0.25) is 0 Å². The van der Waals surface area contributed by atoms with Gasteiger partial charge in [-0.25, -0.2) is 4.39 Å². The fourth-order valence-corrected chi connectivity index (χ4v) is 3.10. The molecule has 3 heteroatoms. The average Bonchev–Trinajstić information content (AvgIpc) is 2.29. The lowest BCUT2D eigenvalue weighted by molar-refractivity contribution is 0.166. The second-order valence-corrected chi connectivity index (χ2v) is 6.82. The highest BCUT2D eigenvalue weighted by Crippen LogP contribution is 2.35. The first-order chi connectivity index (χ1) is 8.49. The summed E-state index contributed by atoms with van der Waals surface area (Å²) in [5.74, 6) is -0.134. The van der Waals surface area contributed by atoms with Crippen molar-refractivity contribution in [3.05, 3.63) is 34.1 Å². The smallest absolute Gasteiger partial charge is 0.128 e. The Morgan fingerprint density at radius 2 is 2.17 bits per heavy atom. The maximum absolute atomic E-state index is 13.7. The Labute approximate surface area is 117 Å². The highest BCUT2D eigenvalue weighted by Gasteiger charge is 2.31. The molecule has 1 unspecified atom stereocenters. The molecule has 100 valence electrons. The van der Waals surface area contributed by atoms with Crippen LogP contribution in [0.5, 0.6) is 0 Å². The maximum Gasteiger partial charge on any atom is 0.128 e. The van der Waals surface area contributed by atoms with Gasteiger partial charge in [0.15, 0.2) is 0 Å². The quantitative estimate of drug-likeness (QED) is 0.856. The minimum Gasteiger partial charge on any atom is -0.309 e. The van der Waals surface area contributed by atoms with Gasteiger partial charge in [-0.05, 0) is 30.4 Å². The molecule has 1 saturated carbocycles. The molecule has 1 aromatic carbocycles. The summed E-state index contributed by atoms with van der Waals surface area (Å²) in [6, 6.07) is 5.77. The van der Waals surface area contributed by atoms with Gasteiger partial charge in [0.2, 0.25) is 0 Å². The standard InChI is InChI=1S/C15H21BrFN/c1-15(2)8-4-3-5-14(15)18-10-11-6-7-12(16)9-13(11)17/h6-7,9,14,18H,3-5,8,10H2,1-2H3. The Balaban J connectivity index is 1.98. The van der Waals surface area contributed by atoms with Crippen LogP contribution in [0.15, 0.2) is 22.7 Å². The maximum atomic E-state index is 13.7. The van der Waals surface area contributed by atoms with E-state index >= 15 is 0 Å². The first kappa shape index (κ1) is 14.0. The van der Waals surface area contributed by atoms with Crippen LogP contribution in [0.3, 0.4) is 0 Å². The van der Waals surface area contributed by atoms with Gasteiger partial charge in [0, 0.05) is 22.6 Å². The van der Waals surface area contributed by atoms with Gasteiger partial charge >= 0.3 is 0 Å². The molecule has 1 N–H and O–H groups in total. The predicted octanol–water partition coefficient (Wildman–Crippen LogP) is 4.65. The lowest BCUT2D eigenvalue weighted by Gasteiger charge is -2.39. The lowest BCUT2D eigenvalue weighted by atomic mass is 9.73. The SMILES string of the molecule is CC1(C)CCCCC1NCc1ccc(Br)cc1F. The summed E-state index contributed by atoms with van der Waals surface area (Å²) in [7, 11) is 0. The topological polar surface area (TPSA) is 12.0 Å². The summed E-state index contributed by atoms with van der Waals surface area (Å²) in [5.41, 5.74) is 1.07. The van der Waals surface area contributed by atoms with E-state index in [9.17, 15) is 4.39 Å². The van der Waals surface area contributed by atoms with Crippen LogP contribution in [0.4, 0.5) is 4.39 Å². The minimum atomic E-state index is -0.134. The summed E-state index contributed by atoms with van der Waals surface area (Å²) in [5, 5.41) is 3.53. The molecular weight excluding hydrogens is 293 g/mol. The van der Waals surface area contributed by atoms with E-state index < -0.39 is 0 Å². The summed E-state index contributed by atoms with van der Waals surface area (Å²) in [6.45, 7) is 5.23. The molecule has 1 aliphatic rings. The van der Waals surface area contributed by atoms with Gasteiger partial charge in [-0.1, -0.05) is 48.7 Å². The molecule has 0 amide bonds.